The minimum Gasteiger partial charge on any atom is -0.329 e. The summed E-state index contributed by atoms with van der Waals surface area (Å²) in [6.45, 7) is 10.4. The first-order valence-electron chi connectivity index (χ1n) is 7.31. The van der Waals surface area contributed by atoms with Crippen LogP contribution < -0.4 is 5.73 Å². The summed E-state index contributed by atoms with van der Waals surface area (Å²) in [5.41, 5.74) is 5.93. The SMILES string of the molecule is CCCC(C)C(CN)N(C)CCN1CCCC1. The molecule has 1 saturated heterocycles. The van der Waals surface area contributed by atoms with E-state index in [1.807, 2.05) is 0 Å². The van der Waals surface area contributed by atoms with Crippen LogP contribution >= 0.6 is 0 Å². The summed E-state index contributed by atoms with van der Waals surface area (Å²) in [5.74, 6) is 0.716. The van der Waals surface area contributed by atoms with E-state index in [2.05, 4.69) is 30.7 Å². The molecule has 2 atom stereocenters. The van der Waals surface area contributed by atoms with E-state index in [9.17, 15) is 0 Å². The van der Waals surface area contributed by atoms with Gasteiger partial charge in [0.25, 0.3) is 0 Å². The van der Waals surface area contributed by atoms with Gasteiger partial charge in [-0.3, -0.25) is 0 Å². The van der Waals surface area contributed by atoms with Crippen LogP contribution in [0, 0.1) is 5.92 Å². The highest BCUT2D eigenvalue weighted by molar-refractivity contribution is 4.77. The molecule has 3 nitrogen and oxygen atoms in total. The van der Waals surface area contributed by atoms with Gasteiger partial charge in [0.2, 0.25) is 0 Å². The molecule has 0 saturated carbocycles. The standard InChI is InChI=1S/C14H31N3/c1-4-7-13(2)14(12-15)16(3)10-11-17-8-5-6-9-17/h13-14H,4-12,15H2,1-3H3. The zero-order valence-corrected chi connectivity index (χ0v) is 12.0. The zero-order valence-electron chi connectivity index (χ0n) is 12.0. The van der Waals surface area contributed by atoms with Crippen molar-refractivity contribution >= 4 is 0 Å². The highest BCUT2D eigenvalue weighted by Gasteiger charge is 2.20. The zero-order chi connectivity index (χ0) is 12.7. The molecule has 2 unspecified atom stereocenters. The summed E-state index contributed by atoms with van der Waals surface area (Å²) in [6.07, 6.45) is 5.32. The first-order valence-corrected chi connectivity index (χ1v) is 7.31. The van der Waals surface area contributed by atoms with Gasteiger partial charge < -0.3 is 15.5 Å². The second-order valence-electron chi connectivity index (χ2n) is 5.60. The molecule has 0 aromatic heterocycles. The molecule has 0 amide bonds. The molecule has 1 heterocycles. The molecule has 2 N–H and O–H groups in total. The lowest BCUT2D eigenvalue weighted by Crippen LogP contribution is -2.45. The second kappa shape index (κ2) is 8.06. The summed E-state index contributed by atoms with van der Waals surface area (Å²) in [5, 5.41) is 0. The van der Waals surface area contributed by atoms with Crippen LogP contribution in [0.25, 0.3) is 0 Å². The van der Waals surface area contributed by atoms with Crippen molar-refractivity contribution in [3.8, 4) is 0 Å². The fourth-order valence-electron chi connectivity index (χ4n) is 2.97. The van der Waals surface area contributed by atoms with E-state index < -0.39 is 0 Å². The molecule has 1 aliphatic heterocycles. The monoisotopic (exact) mass is 241 g/mol. The minimum absolute atomic E-state index is 0.553. The third-order valence-electron chi connectivity index (χ3n) is 4.18. The Kier molecular flexibility index (Phi) is 7.09. The number of likely N-dealkylation sites (N-methyl/N-ethyl adjacent to an activating group) is 1. The highest BCUT2D eigenvalue weighted by atomic mass is 15.2. The summed E-state index contributed by atoms with van der Waals surface area (Å²) < 4.78 is 0. The second-order valence-corrected chi connectivity index (χ2v) is 5.60. The normalized spacial score (nSPS) is 21.0. The van der Waals surface area contributed by atoms with Crippen molar-refractivity contribution in [3.63, 3.8) is 0 Å². The van der Waals surface area contributed by atoms with Crippen LogP contribution in [0.5, 0.6) is 0 Å². The predicted molar refractivity (Wildman–Crippen MR) is 75.2 cm³/mol. The van der Waals surface area contributed by atoms with Gasteiger partial charge in [0.1, 0.15) is 0 Å². The lowest BCUT2D eigenvalue weighted by molar-refractivity contribution is 0.161. The molecule has 1 rings (SSSR count). The van der Waals surface area contributed by atoms with Crippen molar-refractivity contribution in [1.29, 1.82) is 0 Å². The Morgan fingerprint density at radius 2 is 1.94 bits per heavy atom. The van der Waals surface area contributed by atoms with Crippen LogP contribution in [0.2, 0.25) is 0 Å². The van der Waals surface area contributed by atoms with Crippen LogP contribution in [0.4, 0.5) is 0 Å². The maximum atomic E-state index is 5.93. The molecular weight excluding hydrogens is 210 g/mol. The Bertz CT molecular complexity index is 190. The molecule has 0 radical (unpaired) electrons. The number of rotatable bonds is 8. The largest absolute Gasteiger partial charge is 0.329 e. The lowest BCUT2D eigenvalue weighted by atomic mass is 9.96. The fourth-order valence-corrected chi connectivity index (χ4v) is 2.97. The third kappa shape index (κ3) is 4.94. The molecule has 17 heavy (non-hydrogen) atoms. The first-order chi connectivity index (χ1) is 8.19. The Labute approximate surface area is 107 Å². The van der Waals surface area contributed by atoms with E-state index in [0.717, 1.165) is 13.1 Å². The Balaban J connectivity index is 2.29. The van der Waals surface area contributed by atoms with Crippen LogP contribution in [-0.4, -0.2) is 55.6 Å². The molecule has 0 aromatic carbocycles. The van der Waals surface area contributed by atoms with E-state index in [1.165, 1.54) is 45.3 Å². The van der Waals surface area contributed by atoms with Gasteiger partial charge in [0.05, 0.1) is 0 Å². The average molecular weight is 241 g/mol. The van der Waals surface area contributed by atoms with Crippen molar-refractivity contribution in [3.05, 3.63) is 0 Å². The summed E-state index contributed by atoms with van der Waals surface area (Å²) >= 11 is 0. The Hall–Kier alpha value is -0.120. The Morgan fingerprint density at radius 1 is 1.29 bits per heavy atom. The maximum absolute atomic E-state index is 5.93. The molecule has 0 aliphatic carbocycles. The molecular formula is C14H31N3. The topological polar surface area (TPSA) is 32.5 Å². The molecule has 1 fully saturated rings. The summed E-state index contributed by atoms with van der Waals surface area (Å²) in [7, 11) is 2.24. The number of likely N-dealkylation sites (tertiary alicyclic amines) is 1. The predicted octanol–water partition coefficient (Wildman–Crippen LogP) is 1.78. The van der Waals surface area contributed by atoms with Crippen molar-refractivity contribution in [1.82, 2.24) is 9.80 Å². The van der Waals surface area contributed by atoms with E-state index >= 15 is 0 Å². The van der Waals surface area contributed by atoms with Gasteiger partial charge in [0.15, 0.2) is 0 Å². The molecule has 3 heteroatoms. The van der Waals surface area contributed by atoms with Crippen LogP contribution in [0.1, 0.15) is 39.5 Å². The number of hydrogen-bond acceptors (Lipinski definition) is 3. The van der Waals surface area contributed by atoms with Crippen molar-refractivity contribution < 1.29 is 0 Å². The van der Waals surface area contributed by atoms with Gasteiger partial charge in [-0.1, -0.05) is 20.3 Å². The van der Waals surface area contributed by atoms with E-state index in [1.54, 1.807) is 0 Å². The molecule has 1 aliphatic rings. The first kappa shape index (κ1) is 14.9. The quantitative estimate of drug-likeness (QED) is 0.703. The van der Waals surface area contributed by atoms with Gasteiger partial charge in [-0.05, 0) is 45.3 Å². The minimum atomic E-state index is 0.553. The van der Waals surface area contributed by atoms with E-state index in [4.69, 9.17) is 5.73 Å². The number of nitrogens with two attached hydrogens (primary N) is 1. The third-order valence-corrected chi connectivity index (χ3v) is 4.18. The molecule has 0 bridgehead atoms. The van der Waals surface area contributed by atoms with Gasteiger partial charge in [-0.25, -0.2) is 0 Å². The fraction of sp³-hybridized carbons (Fsp3) is 1.00. The number of nitrogens with zero attached hydrogens (tertiary/aromatic N) is 2. The summed E-state index contributed by atoms with van der Waals surface area (Å²) in [6, 6.07) is 0.553. The van der Waals surface area contributed by atoms with Crippen LogP contribution in [0.15, 0.2) is 0 Å². The lowest BCUT2D eigenvalue weighted by Gasteiger charge is -2.33. The van der Waals surface area contributed by atoms with Crippen LogP contribution in [-0.2, 0) is 0 Å². The average Bonchev–Trinajstić information content (AvgIpc) is 2.80. The molecule has 0 spiro atoms. The highest BCUT2D eigenvalue weighted by Crippen LogP contribution is 2.15. The van der Waals surface area contributed by atoms with E-state index in [-0.39, 0.29) is 0 Å². The van der Waals surface area contributed by atoms with Gasteiger partial charge >= 0.3 is 0 Å². The maximum Gasteiger partial charge on any atom is 0.0241 e. The van der Waals surface area contributed by atoms with Crippen LogP contribution in [0.3, 0.4) is 0 Å². The number of hydrogen-bond donors (Lipinski definition) is 1. The van der Waals surface area contributed by atoms with Gasteiger partial charge in [0, 0.05) is 25.7 Å². The molecule has 102 valence electrons. The van der Waals surface area contributed by atoms with Gasteiger partial charge in [-0.2, -0.15) is 0 Å². The van der Waals surface area contributed by atoms with Gasteiger partial charge in [-0.15, -0.1) is 0 Å². The smallest absolute Gasteiger partial charge is 0.0241 e. The van der Waals surface area contributed by atoms with Crippen molar-refractivity contribution in [2.45, 2.75) is 45.6 Å². The van der Waals surface area contributed by atoms with E-state index in [0.29, 0.717) is 12.0 Å². The summed E-state index contributed by atoms with van der Waals surface area (Å²) in [4.78, 5) is 5.05. The molecule has 0 aromatic rings. The Morgan fingerprint density at radius 3 is 2.47 bits per heavy atom. The van der Waals surface area contributed by atoms with Crippen molar-refractivity contribution in [2.24, 2.45) is 11.7 Å². The van der Waals surface area contributed by atoms with Crippen molar-refractivity contribution in [2.75, 3.05) is 39.8 Å².